The van der Waals surface area contributed by atoms with Crippen LogP contribution in [0.1, 0.15) is 56.5 Å². The molecule has 0 unspecified atom stereocenters. The maximum absolute atomic E-state index is 13.1. The van der Waals surface area contributed by atoms with Crippen LogP contribution in [-0.2, 0) is 4.79 Å². The third-order valence-electron chi connectivity index (χ3n) is 5.95. The first-order chi connectivity index (χ1) is 14.2. The average molecular weight is 417 g/mol. The molecule has 4 amide bonds. The fraction of sp³-hybridized carbons (Fsp3) is 0.609. The van der Waals surface area contributed by atoms with E-state index in [1.165, 1.54) is 0 Å². The van der Waals surface area contributed by atoms with Gasteiger partial charge in [-0.1, -0.05) is 32.0 Å². The van der Waals surface area contributed by atoms with E-state index < -0.39 is 6.04 Å². The smallest absolute Gasteiger partial charge is 0.317 e. The average Bonchev–Trinajstić information content (AvgIpc) is 2.72. The first kappa shape index (κ1) is 23.7. The van der Waals surface area contributed by atoms with Crippen molar-refractivity contribution in [3.63, 3.8) is 0 Å². The number of benzene rings is 1. The van der Waals surface area contributed by atoms with Crippen LogP contribution in [0.25, 0.3) is 0 Å². The van der Waals surface area contributed by atoms with E-state index in [4.69, 9.17) is 0 Å². The van der Waals surface area contributed by atoms with E-state index in [1.54, 1.807) is 11.0 Å². The van der Waals surface area contributed by atoms with Crippen molar-refractivity contribution in [1.82, 2.24) is 20.9 Å². The number of nitrogens with one attached hydrogen (secondary N) is 3. The van der Waals surface area contributed by atoms with E-state index in [0.29, 0.717) is 44.0 Å². The lowest BCUT2D eigenvalue weighted by Gasteiger charge is -2.36. The minimum Gasteiger partial charge on any atom is -0.352 e. The number of carbonyl (C=O) groups excluding carboxylic acids is 3. The van der Waals surface area contributed by atoms with E-state index >= 15 is 0 Å². The summed E-state index contributed by atoms with van der Waals surface area (Å²) in [6, 6.07) is 6.67. The number of likely N-dealkylation sites (tertiary alicyclic amines) is 1. The first-order valence-electron chi connectivity index (χ1n) is 10.9. The van der Waals surface area contributed by atoms with Crippen LogP contribution in [0, 0.1) is 18.8 Å². The molecule has 7 nitrogen and oxygen atoms in total. The highest BCUT2D eigenvalue weighted by Crippen LogP contribution is 2.22. The van der Waals surface area contributed by atoms with Gasteiger partial charge in [0.1, 0.15) is 6.04 Å². The van der Waals surface area contributed by atoms with Gasteiger partial charge >= 0.3 is 6.03 Å². The lowest BCUT2D eigenvalue weighted by atomic mass is 9.88. The number of carbonyl (C=O) groups is 3. The molecule has 1 aliphatic heterocycles. The summed E-state index contributed by atoms with van der Waals surface area (Å²) in [5, 5.41) is 8.86. The molecule has 2 atom stereocenters. The topological polar surface area (TPSA) is 90.5 Å². The summed E-state index contributed by atoms with van der Waals surface area (Å²) in [6.07, 6.45) is 1.33. The summed E-state index contributed by atoms with van der Waals surface area (Å²) in [5.74, 6) is -0.129. The maximum Gasteiger partial charge on any atom is 0.317 e. The second kappa shape index (κ2) is 11.0. The highest BCUT2D eigenvalue weighted by Gasteiger charge is 2.34. The Balaban J connectivity index is 2.13. The molecule has 1 saturated heterocycles. The van der Waals surface area contributed by atoms with E-state index in [-0.39, 0.29) is 29.8 Å². The highest BCUT2D eigenvalue weighted by molar-refractivity contribution is 5.98. The zero-order chi connectivity index (χ0) is 22.3. The molecule has 1 aromatic rings. The third-order valence-corrected chi connectivity index (χ3v) is 5.95. The Hall–Kier alpha value is -2.57. The summed E-state index contributed by atoms with van der Waals surface area (Å²) in [4.78, 5) is 39.9. The number of piperidine rings is 1. The second-order valence-corrected chi connectivity index (χ2v) is 8.47. The molecular formula is C23H36N4O3. The van der Waals surface area contributed by atoms with Gasteiger partial charge in [-0.05, 0) is 57.1 Å². The van der Waals surface area contributed by atoms with Crippen LogP contribution in [0.5, 0.6) is 0 Å². The number of rotatable bonds is 7. The van der Waals surface area contributed by atoms with Crippen molar-refractivity contribution < 1.29 is 14.4 Å². The molecule has 2 rings (SSSR count). The van der Waals surface area contributed by atoms with Crippen molar-refractivity contribution in [2.45, 2.75) is 59.5 Å². The van der Waals surface area contributed by atoms with Crippen LogP contribution in [0.3, 0.4) is 0 Å². The van der Waals surface area contributed by atoms with Gasteiger partial charge < -0.3 is 20.9 Å². The van der Waals surface area contributed by atoms with Crippen molar-refractivity contribution >= 4 is 17.8 Å². The number of hydrogen-bond acceptors (Lipinski definition) is 3. The fourth-order valence-corrected chi connectivity index (χ4v) is 3.62. The molecule has 1 aliphatic rings. The standard InChI is InChI=1S/C23H36N4O3/c1-6-24-23(30)27-13-11-18(12-14-27)20(22(29)25-17(5)15(2)3)26-21(28)19-10-8-7-9-16(19)4/h7-10,15,17-18,20H,6,11-14H2,1-5H3,(H,24,30)(H,25,29)(H,26,28)/t17-,20-/m1/s1. The van der Waals surface area contributed by atoms with E-state index in [1.807, 2.05) is 39.0 Å². The number of hydrogen-bond donors (Lipinski definition) is 3. The van der Waals surface area contributed by atoms with Crippen molar-refractivity contribution in [3.05, 3.63) is 35.4 Å². The normalized spacial score (nSPS) is 16.7. The summed E-state index contributed by atoms with van der Waals surface area (Å²) in [5.41, 5.74) is 1.45. The largest absolute Gasteiger partial charge is 0.352 e. The summed E-state index contributed by atoms with van der Waals surface area (Å²) < 4.78 is 0. The Labute approximate surface area is 180 Å². The third kappa shape index (κ3) is 6.21. The van der Waals surface area contributed by atoms with Crippen LogP contribution < -0.4 is 16.0 Å². The number of aryl methyl sites for hydroxylation is 1. The van der Waals surface area contributed by atoms with Gasteiger partial charge in [0.15, 0.2) is 0 Å². The number of urea groups is 1. The van der Waals surface area contributed by atoms with Gasteiger partial charge in [0.2, 0.25) is 5.91 Å². The van der Waals surface area contributed by atoms with Crippen molar-refractivity contribution in [2.75, 3.05) is 19.6 Å². The molecule has 1 fully saturated rings. The van der Waals surface area contributed by atoms with Crippen molar-refractivity contribution in [1.29, 1.82) is 0 Å². The molecule has 1 heterocycles. The molecule has 30 heavy (non-hydrogen) atoms. The van der Waals surface area contributed by atoms with Crippen LogP contribution in [-0.4, -0.2) is 54.5 Å². The molecule has 0 bridgehead atoms. The minimum atomic E-state index is -0.630. The molecule has 3 N–H and O–H groups in total. The van der Waals surface area contributed by atoms with Crippen LogP contribution in [0.2, 0.25) is 0 Å². The molecule has 166 valence electrons. The summed E-state index contributed by atoms with van der Waals surface area (Å²) in [6.45, 7) is 11.6. The number of amides is 4. The van der Waals surface area contributed by atoms with Gasteiger partial charge in [0.25, 0.3) is 5.91 Å². The van der Waals surface area contributed by atoms with Gasteiger partial charge in [0.05, 0.1) is 0 Å². The zero-order valence-corrected chi connectivity index (χ0v) is 18.8. The summed E-state index contributed by atoms with van der Waals surface area (Å²) in [7, 11) is 0. The van der Waals surface area contributed by atoms with Gasteiger partial charge in [0, 0.05) is 31.2 Å². The molecule has 7 heteroatoms. The van der Waals surface area contributed by atoms with Crippen LogP contribution in [0.15, 0.2) is 24.3 Å². The predicted molar refractivity (Wildman–Crippen MR) is 118 cm³/mol. The first-order valence-corrected chi connectivity index (χ1v) is 10.9. The quantitative estimate of drug-likeness (QED) is 0.638. The lowest BCUT2D eigenvalue weighted by Crippen LogP contribution is -2.56. The van der Waals surface area contributed by atoms with Gasteiger partial charge in [-0.2, -0.15) is 0 Å². The minimum absolute atomic E-state index is 0.00536. The molecular weight excluding hydrogens is 380 g/mol. The Morgan fingerprint density at radius 2 is 1.70 bits per heavy atom. The maximum atomic E-state index is 13.1. The van der Waals surface area contributed by atoms with Gasteiger partial charge in [-0.15, -0.1) is 0 Å². The molecule has 0 saturated carbocycles. The van der Waals surface area contributed by atoms with E-state index in [9.17, 15) is 14.4 Å². The van der Waals surface area contributed by atoms with E-state index in [0.717, 1.165) is 5.56 Å². The van der Waals surface area contributed by atoms with Crippen molar-refractivity contribution in [3.8, 4) is 0 Å². The van der Waals surface area contributed by atoms with Gasteiger partial charge in [-0.3, -0.25) is 9.59 Å². The highest BCUT2D eigenvalue weighted by atomic mass is 16.2. The van der Waals surface area contributed by atoms with Crippen molar-refractivity contribution in [2.24, 2.45) is 11.8 Å². The Morgan fingerprint density at radius 1 is 1.07 bits per heavy atom. The molecule has 0 aromatic heterocycles. The lowest BCUT2D eigenvalue weighted by molar-refractivity contribution is -0.125. The zero-order valence-electron chi connectivity index (χ0n) is 18.8. The predicted octanol–water partition coefficient (Wildman–Crippen LogP) is 2.70. The fourth-order valence-electron chi connectivity index (χ4n) is 3.62. The molecule has 0 radical (unpaired) electrons. The monoisotopic (exact) mass is 416 g/mol. The SMILES string of the molecule is CCNC(=O)N1CCC([C@@H](NC(=O)c2ccccc2C)C(=O)N[C@H](C)C(C)C)CC1. The molecule has 0 aliphatic carbocycles. The Kier molecular flexibility index (Phi) is 8.69. The van der Waals surface area contributed by atoms with Crippen LogP contribution in [0.4, 0.5) is 4.79 Å². The van der Waals surface area contributed by atoms with E-state index in [2.05, 4.69) is 29.8 Å². The molecule has 0 spiro atoms. The number of nitrogens with zero attached hydrogens (tertiary/aromatic N) is 1. The molecule has 1 aromatic carbocycles. The Morgan fingerprint density at radius 3 is 2.27 bits per heavy atom. The summed E-state index contributed by atoms with van der Waals surface area (Å²) >= 11 is 0. The van der Waals surface area contributed by atoms with Crippen LogP contribution >= 0.6 is 0 Å². The Bertz CT molecular complexity index is 742. The van der Waals surface area contributed by atoms with Gasteiger partial charge in [-0.25, -0.2) is 4.79 Å². The second-order valence-electron chi connectivity index (χ2n) is 8.47.